The van der Waals surface area contributed by atoms with Crippen LogP contribution in [0, 0.1) is 0 Å². The normalized spacial score (nSPS) is 15.9. The van der Waals surface area contributed by atoms with Gasteiger partial charge in [0.15, 0.2) is 0 Å². The minimum absolute atomic E-state index is 0.122. The van der Waals surface area contributed by atoms with Crippen molar-refractivity contribution in [2.45, 2.75) is 38.7 Å². The second kappa shape index (κ2) is 7.50. The molecule has 0 heterocycles. The maximum absolute atomic E-state index is 5.58. The van der Waals surface area contributed by atoms with Gasteiger partial charge >= 0.3 is 0 Å². The molecule has 0 rings (SSSR count). The van der Waals surface area contributed by atoms with Crippen LogP contribution in [0.3, 0.4) is 0 Å². The molecule has 0 aromatic rings. The molecule has 0 spiro atoms. The molecule has 0 aliphatic heterocycles. The number of nitrogens with two attached hydrogens (primary N) is 1. The molecule has 0 amide bonds. The summed E-state index contributed by atoms with van der Waals surface area (Å²) in [5.74, 6) is 0. The van der Waals surface area contributed by atoms with Crippen LogP contribution >= 0.6 is 0 Å². The SMILES string of the molecule is CCC(C)(CCCNCCN)O[SiH3]. The predicted molar refractivity (Wildman–Crippen MR) is 60.9 cm³/mol. The van der Waals surface area contributed by atoms with Gasteiger partial charge in [0, 0.05) is 13.1 Å². The first-order valence-corrected chi connectivity index (χ1v) is 5.96. The van der Waals surface area contributed by atoms with Crippen molar-refractivity contribution in [1.29, 1.82) is 0 Å². The van der Waals surface area contributed by atoms with Crippen LogP contribution in [0.1, 0.15) is 33.1 Å². The van der Waals surface area contributed by atoms with Crippen molar-refractivity contribution in [2.75, 3.05) is 19.6 Å². The van der Waals surface area contributed by atoms with Crippen molar-refractivity contribution in [3.63, 3.8) is 0 Å². The second-order valence-corrected chi connectivity index (χ2v) is 4.06. The molecule has 0 aromatic carbocycles. The Labute approximate surface area is 85.0 Å². The summed E-state index contributed by atoms with van der Waals surface area (Å²) in [7, 11) is 0.836. The fraction of sp³-hybridized carbons (Fsp3) is 1.00. The Morgan fingerprint density at radius 2 is 2.15 bits per heavy atom. The second-order valence-electron chi connectivity index (χ2n) is 3.65. The monoisotopic (exact) mass is 204 g/mol. The third-order valence-corrected chi connectivity index (χ3v) is 3.61. The molecule has 0 aromatic heterocycles. The largest absolute Gasteiger partial charge is 0.423 e. The van der Waals surface area contributed by atoms with E-state index in [1.54, 1.807) is 0 Å². The van der Waals surface area contributed by atoms with E-state index < -0.39 is 0 Å². The Balaban J connectivity index is 3.39. The van der Waals surface area contributed by atoms with E-state index in [1.807, 2.05) is 0 Å². The van der Waals surface area contributed by atoms with Crippen molar-refractivity contribution in [3.8, 4) is 0 Å². The Kier molecular flexibility index (Phi) is 7.55. The first kappa shape index (κ1) is 13.1. The quantitative estimate of drug-likeness (QED) is 0.424. The van der Waals surface area contributed by atoms with Crippen LogP contribution in [0.2, 0.25) is 0 Å². The fourth-order valence-electron chi connectivity index (χ4n) is 1.24. The van der Waals surface area contributed by atoms with Gasteiger partial charge in [0.05, 0.1) is 5.60 Å². The van der Waals surface area contributed by atoms with Crippen LogP contribution in [-0.4, -0.2) is 35.7 Å². The van der Waals surface area contributed by atoms with Gasteiger partial charge in [-0.15, -0.1) is 0 Å². The van der Waals surface area contributed by atoms with E-state index >= 15 is 0 Å². The summed E-state index contributed by atoms with van der Waals surface area (Å²) < 4.78 is 5.58. The van der Waals surface area contributed by atoms with Crippen molar-refractivity contribution in [1.82, 2.24) is 5.32 Å². The summed E-state index contributed by atoms with van der Waals surface area (Å²) in [6, 6.07) is 0. The van der Waals surface area contributed by atoms with E-state index in [0.717, 1.165) is 43.0 Å². The molecule has 13 heavy (non-hydrogen) atoms. The molecular weight excluding hydrogens is 180 g/mol. The average Bonchev–Trinajstić information content (AvgIpc) is 2.17. The molecule has 0 fully saturated rings. The first-order valence-electron chi connectivity index (χ1n) is 5.14. The summed E-state index contributed by atoms with van der Waals surface area (Å²) in [4.78, 5) is 0. The van der Waals surface area contributed by atoms with E-state index in [1.165, 1.54) is 6.42 Å². The summed E-state index contributed by atoms with van der Waals surface area (Å²) in [6.45, 7) is 7.08. The van der Waals surface area contributed by atoms with Gasteiger partial charge in [-0.3, -0.25) is 0 Å². The van der Waals surface area contributed by atoms with Gasteiger partial charge in [0.1, 0.15) is 10.5 Å². The van der Waals surface area contributed by atoms with Crippen molar-refractivity contribution < 1.29 is 4.43 Å². The molecule has 3 nitrogen and oxygen atoms in total. The molecule has 0 saturated carbocycles. The lowest BCUT2D eigenvalue weighted by Crippen LogP contribution is -2.29. The highest BCUT2D eigenvalue weighted by molar-refractivity contribution is 5.98. The van der Waals surface area contributed by atoms with Crippen LogP contribution in [0.15, 0.2) is 0 Å². The molecule has 4 heteroatoms. The first-order chi connectivity index (χ1) is 6.18. The van der Waals surface area contributed by atoms with E-state index in [4.69, 9.17) is 10.2 Å². The van der Waals surface area contributed by atoms with Gasteiger partial charge in [0.2, 0.25) is 0 Å². The van der Waals surface area contributed by atoms with E-state index in [0.29, 0.717) is 0 Å². The summed E-state index contributed by atoms with van der Waals surface area (Å²) in [5.41, 5.74) is 5.49. The molecule has 3 N–H and O–H groups in total. The third kappa shape index (κ3) is 6.21. The van der Waals surface area contributed by atoms with Crippen LogP contribution < -0.4 is 11.1 Å². The van der Waals surface area contributed by atoms with Crippen molar-refractivity contribution in [2.24, 2.45) is 5.73 Å². The van der Waals surface area contributed by atoms with Gasteiger partial charge in [-0.25, -0.2) is 0 Å². The van der Waals surface area contributed by atoms with Gasteiger partial charge in [0.25, 0.3) is 0 Å². The van der Waals surface area contributed by atoms with E-state index in [-0.39, 0.29) is 5.60 Å². The molecular formula is C9H24N2OSi. The minimum Gasteiger partial charge on any atom is -0.423 e. The molecule has 1 unspecified atom stereocenters. The fourth-order valence-corrected chi connectivity index (χ4v) is 1.73. The highest BCUT2D eigenvalue weighted by Gasteiger charge is 2.18. The summed E-state index contributed by atoms with van der Waals surface area (Å²) in [5, 5.41) is 3.29. The molecule has 0 bridgehead atoms. The predicted octanol–water partition coefficient (Wildman–Crippen LogP) is -0.219. The van der Waals surface area contributed by atoms with Gasteiger partial charge < -0.3 is 15.5 Å². The third-order valence-electron chi connectivity index (χ3n) is 2.62. The standard InChI is InChI=1S/C9H24N2OSi/c1-3-9(2,12-13)5-4-7-11-8-6-10/h11H,3-8,10H2,1-2,13H3. The zero-order valence-corrected chi connectivity index (χ0v) is 11.2. The van der Waals surface area contributed by atoms with Crippen LogP contribution in [-0.2, 0) is 4.43 Å². The topological polar surface area (TPSA) is 47.3 Å². The Hall–Kier alpha value is 0.0969. The zero-order valence-electron chi connectivity index (χ0n) is 9.23. The van der Waals surface area contributed by atoms with Crippen molar-refractivity contribution >= 4 is 10.5 Å². The highest BCUT2D eigenvalue weighted by Crippen LogP contribution is 2.19. The molecule has 0 radical (unpaired) electrons. The number of hydrogen-bond donors (Lipinski definition) is 2. The Morgan fingerprint density at radius 3 is 2.62 bits per heavy atom. The van der Waals surface area contributed by atoms with Gasteiger partial charge in [-0.05, 0) is 32.7 Å². The lowest BCUT2D eigenvalue weighted by atomic mass is 9.97. The van der Waals surface area contributed by atoms with Crippen LogP contribution in [0.25, 0.3) is 0 Å². The average molecular weight is 204 g/mol. The molecule has 0 saturated heterocycles. The van der Waals surface area contributed by atoms with Crippen molar-refractivity contribution in [3.05, 3.63) is 0 Å². The molecule has 0 aliphatic carbocycles. The summed E-state index contributed by atoms with van der Waals surface area (Å²) >= 11 is 0. The van der Waals surface area contributed by atoms with E-state index in [9.17, 15) is 0 Å². The molecule has 0 aliphatic rings. The highest BCUT2D eigenvalue weighted by atomic mass is 28.2. The number of nitrogens with one attached hydrogen (secondary N) is 1. The number of rotatable bonds is 8. The Bertz CT molecular complexity index is 118. The molecule has 1 atom stereocenters. The molecule has 80 valence electrons. The van der Waals surface area contributed by atoms with Crippen LogP contribution in [0.5, 0.6) is 0 Å². The van der Waals surface area contributed by atoms with E-state index in [2.05, 4.69) is 19.2 Å². The minimum atomic E-state index is 0.122. The lowest BCUT2D eigenvalue weighted by molar-refractivity contribution is 0.0842. The van der Waals surface area contributed by atoms with Crippen LogP contribution in [0.4, 0.5) is 0 Å². The smallest absolute Gasteiger partial charge is 0.146 e. The zero-order chi connectivity index (χ0) is 10.2. The van der Waals surface area contributed by atoms with Gasteiger partial charge in [-0.2, -0.15) is 0 Å². The summed E-state index contributed by atoms with van der Waals surface area (Å²) in [6.07, 6.45) is 3.42. The lowest BCUT2D eigenvalue weighted by Gasteiger charge is -2.27. The Morgan fingerprint density at radius 1 is 1.46 bits per heavy atom. The number of hydrogen-bond acceptors (Lipinski definition) is 3. The maximum Gasteiger partial charge on any atom is 0.146 e. The van der Waals surface area contributed by atoms with Gasteiger partial charge in [-0.1, -0.05) is 6.92 Å². The maximum atomic E-state index is 5.58.